The first-order chi connectivity index (χ1) is 8.28. The van der Waals surface area contributed by atoms with Gasteiger partial charge < -0.3 is 10.2 Å². The van der Waals surface area contributed by atoms with E-state index in [9.17, 15) is 0 Å². The van der Waals surface area contributed by atoms with E-state index in [0.29, 0.717) is 10.6 Å². The van der Waals surface area contributed by atoms with E-state index in [0.717, 1.165) is 43.7 Å². The molecule has 1 aromatic rings. The second-order valence-corrected chi connectivity index (χ2v) is 5.29. The highest BCUT2D eigenvalue weighted by Gasteiger charge is 2.36. The van der Waals surface area contributed by atoms with Crippen LogP contribution in [0.15, 0.2) is 18.2 Å². The third kappa shape index (κ3) is 1.88. The first-order valence-electron chi connectivity index (χ1n) is 5.93. The van der Waals surface area contributed by atoms with Crippen molar-refractivity contribution in [1.82, 2.24) is 5.32 Å². The maximum atomic E-state index is 9.16. The zero-order chi connectivity index (χ0) is 11.8. The SMILES string of the molecule is N#Cc1cc(Cl)ccc1N1CC2CNCC2C1. The quantitative estimate of drug-likeness (QED) is 0.824. The predicted molar refractivity (Wildman–Crippen MR) is 68.2 cm³/mol. The highest BCUT2D eigenvalue weighted by Crippen LogP contribution is 2.33. The number of anilines is 1. The van der Waals surface area contributed by atoms with Gasteiger partial charge in [0.2, 0.25) is 0 Å². The molecule has 0 aromatic heterocycles. The van der Waals surface area contributed by atoms with Crippen LogP contribution in [0.25, 0.3) is 0 Å². The van der Waals surface area contributed by atoms with Crippen molar-refractivity contribution in [3.8, 4) is 6.07 Å². The van der Waals surface area contributed by atoms with Gasteiger partial charge in [-0.2, -0.15) is 5.26 Å². The summed E-state index contributed by atoms with van der Waals surface area (Å²) in [7, 11) is 0. The fourth-order valence-corrected chi connectivity index (χ4v) is 3.10. The Morgan fingerprint density at radius 1 is 1.29 bits per heavy atom. The molecule has 0 amide bonds. The van der Waals surface area contributed by atoms with Crippen molar-refractivity contribution in [3.05, 3.63) is 28.8 Å². The van der Waals surface area contributed by atoms with Crippen LogP contribution in [0.5, 0.6) is 0 Å². The summed E-state index contributed by atoms with van der Waals surface area (Å²) in [6.45, 7) is 4.31. The van der Waals surface area contributed by atoms with Crippen molar-refractivity contribution in [1.29, 1.82) is 5.26 Å². The molecule has 0 saturated carbocycles. The lowest BCUT2D eigenvalue weighted by atomic mass is 10.0. The monoisotopic (exact) mass is 247 g/mol. The number of nitrogens with zero attached hydrogens (tertiary/aromatic N) is 2. The van der Waals surface area contributed by atoms with E-state index >= 15 is 0 Å². The molecule has 0 aliphatic carbocycles. The number of hydrogen-bond donors (Lipinski definition) is 1. The predicted octanol–water partition coefficient (Wildman–Crippen LogP) is 1.87. The van der Waals surface area contributed by atoms with Crippen molar-refractivity contribution >= 4 is 17.3 Å². The minimum absolute atomic E-state index is 0.631. The Kier molecular flexibility index (Phi) is 2.70. The Morgan fingerprint density at radius 3 is 2.65 bits per heavy atom. The second-order valence-electron chi connectivity index (χ2n) is 4.86. The van der Waals surface area contributed by atoms with Crippen LogP contribution in [0, 0.1) is 23.2 Å². The van der Waals surface area contributed by atoms with Gasteiger partial charge in [0.05, 0.1) is 11.3 Å². The average Bonchev–Trinajstić information content (AvgIpc) is 2.89. The number of hydrogen-bond acceptors (Lipinski definition) is 3. The van der Waals surface area contributed by atoms with Crippen LogP contribution >= 0.6 is 11.6 Å². The largest absolute Gasteiger partial charge is 0.370 e. The Hall–Kier alpha value is -1.24. The first-order valence-corrected chi connectivity index (χ1v) is 6.31. The number of nitriles is 1. The molecule has 17 heavy (non-hydrogen) atoms. The van der Waals surface area contributed by atoms with E-state index in [2.05, 4.69) is 16.3 Å². The molecule has 4 heteroatoms. The molecule has 2 aliphatic heterocycles. The molecule has 1 aromatic carbocycles. The molecule has 2 aliphatic rings. The van der Waals surface area contributed by atoms with Gasteiger partial charge in [-0.15, -0.1) is 0 Å². The summed E-state index contributed by atoms with van der Waals surface area (Å²) in [6, 6.07) is 7.82. The molecule has 88 valence electrons. The molecular formula is C13H14ClN3. The van der Waals surface area contributed by atoms with Crippen LogP contribution in [-0.4, -0.2) is 26.2 Å². The molecule has 3 rings (SSSR count). The van der Waals surface area contributed by atoms with Gasteiger partial charge in [-0.3, -0.25) is 0 Å². The van der Waals surface area contributed by atoms with Crippen LogP contribution in [0.1, 0.15) is 5.56 Å². The molecule has 2 unspecified atom stereocenters. The number of nitrogens with one attached hydrogen (secondary N) is 1. The number of fused-ring (bicyclic) bond motifs is 1. The van der Waals surface area contributed by atoms with Gasteiger partial charge in [0.15, 0.2) is 0 Å². The van der Waals surface area contributed by atoms with Crippen molar-refractivity contribution in [2.45, 2.75) is 0 Å². The smallest absolute Gasteiger partial charge is 0.101 e. The van der Waals surface area contributed by atoms with Gasteiger partial charge in [0.1, 0.15) is 6.07 Å². The molecule has 2 fully saturated rings. The summed E-state index contributed by atoms with van der Waals surface area (Å²) in [6.07, 6.45) is 0. The second kappa shape index (κ2) is 4.21. The van der Waals surface area contributed by atoms with Crippen LogP contribution < -0.4 is 10.2 Å². The molecule has 0 bridgehead atoms. The fraction of sp³-hybridized carbons (Fsp3) is 0.462. The highest BCUT2D eigenvalue weighted by atomic mass is 35.5. The van der Waals surface area contributed by atoms with E-state index in [-0.39, 0.29) is 0 Å². The summed E-state index contributed by atoms with van der Waals surface area (Å²) in [4.78, 5) is 2.32. The summed E-state index contributed by atoms with van der Waals surface area (Å²) in [5, 5.41) is 13.2. The standard InChI is InChI=1S/C13H14ClN3/c14-12-1-2-13(9(3-12)4-15)17-7-10-5-16-6-11(10)8-17/h1-3,10-11,16H,5-8H2. The van der Waals surface area contributed by atoms with Gasteiger partial charge in [-0.05, 0) is 30.0 Å². The van der Waals surface area contributed by atoms with Crippen molar-refractivity contribution in [2.24, 2.45) is 11.8 Å². The maximum Gasteiger partial charge on any atom is 0.101 e. The molecule has 1 N–H and O–H groups in total. The maximum absolute atomic E-state index is 9.16. The Balaban J connectivity index is 1.88. The fourth-order valence-electron chi connectivity index (χ4n) is 2.93. The van der Waals surface area contributed by atoms with E-state index < -0.39 is 0 Å². The number of halogens is 1. The van der Waals surface area contributed by atoms with E-state index in [1.54, 1.807) is 6.07 Å². The molecular weight excluding hydrogens is 234 g/mol. The van der Waals surface area contributed by atoms with Crippen LogP contribution in [0.2, 0.25) is 5.02 Å². The average molecular weight is 248 g/mol. The topological polar surface area (TPSA) is 39.1 Å². The third-order valence-electron chi connectivity index (χ3n) is 3.81. The zero-order valence-corrected chi connectivity index (χ0v) is 10.2. The summed E-state index contributed by atoms with van der Waals surface area (Å²) in [5.74, 6) is 1.47. The molecule has 0 radical (unpaired) electrons. The summed E-state index contributed by atoms with van der Waals surface area (Å²) >= 11 is 5.92. The zero-order valence-electron chi connectivity index (χ0n) is 9.49. The Labute approximate surface area is 106 Å². The van der Waals surface area contributed by atoms with E-state index in [4.69, 9.17) is 16.9 Å². The molecule has 0 spiro atoms. The van der Waals surface area contributed by atoms with Gasteiger partial charge in [0, 0.05) is 31.2 Å². The van der Waals surface area contributed by atoms with E-state index in [1.807, 2.05) is 12.1 Å². The normalized spacial score (nSPS) is 26.9. The first kappa shape index (κ1) is 10.9. The Bertz CT molecular complexity index is 468. The lowest BCUT2D eigenvalue weighted by Gasteiger charge is -2.21. The molecule has 2 atom stereocenters. The molecule has 2 saturated heterocycles. The minimum Gasteiger partial charge on any atom is -0.370 e. The van der Waals surface area contributed by atoms with Gasteiger partial charge >= 0.3 is 0 Å². The van der Waals surface area contributed by atoms with Crippen LogP contribution in [0.4, 0.5) is 5.69 Å². The summed E-state index contributed by atoms with van der Waals surface area (Å²) < 4.78 is 0. The molecule has 2 heterocycles. The van der Waals surface area contributed by atoms with Gasteiger partial charge in [-0.25, -0.2) is 0 Å². The molecule has 3 nitrogen and oxygen atoms in total. The van der Waals surface area contributed by atoms with Gasteiger partial charge in [0.25, 0.3) is 0 Å². The van der Waals surface area contributed by atoms with Crippen molar-refractivity contribution < 1.29 is 0 Å². The van der Waals surface area contributed by atoms with Crippen LogP contribution in [-0.2, 0) is 0 Å². The third-order valence-corrected chi connectivity index (χ3v) is 4.04. The van der Waals surface area contributed by atoms with Gasteiger partial charge in [-0.1, -0.05) is 11.6 Å². The Morgan fingerprint density at radius 2 is 2.00 bits per heavy atom. The lowest BCUT2D eigenvalue weighted by Crippen LogP contribution is -2.26. The van der Waals surface area contributed by atoms with Crippen molar-refractivity contribution in [2.75, 3.05) is 31.1 Å². The van der Waals surface area contributed by atoms with E-state index in [1.165, 1.54) is 0 Å². The number of rotatable bonds is 1. The van der Waals surface area contributed by atoms with Crippen LogP contribution in [0.3, 0.4) is 0 Å². The van der Waals surface area contributed by atoms with Crippen molar-refractivity contribution in [3.63, 3.8) is 0 Å². The summed E-state index contributed by atoms with van der Waals surface area (Å²) in [5.41, 5.74) is 1.72. The number of benzene rings is 1. The minimum atomic E-state index is 0.631. The highest BCUT2D eigenvalue weighted by molar-refractivity contribution is 6.30. The lowest BCUT2D eigenvalue weighted by molar-refractivity contribution is 0.533.